The first kappa shape index (κ1) is 28.4. The minimum Gasteiger partial charge on any atom is -0.461 e. The smallest absolute Gasteiger partial charge is 0.311 e. The number of amides is 2. The molecule has 3 aliphatic rings. The highest BCUT2D eigenvalue weighted by Gasteiger charge is 2.75. The second-order valence-electron chi connectivity index (χ2n) is 10.9. The molecule has 206 valence electrons. The largest absolute Gasteiger partial charge is 0.461 e. The summed E-state index contributed by atoms with van der Waals surface area (Å²) in [5.41, 5.74) is 2.76. The Morgan fingerprint density at radius 1 is 1.32 bits per heavy atom. The number of benzene rings is 1. The number of ether oxygens (including phenoxy) is 1. The van der Waals surface area contributed by atoms with Crippen LogP contribution >= 0.6 is 11.8 Å². The molecule has 7 nitrogen and oxygen atoms in total. The van der Waals surface area contributed by atoms with Gasteiger partial charge in [0.15, 0.2) is 0 Å². The zero-order valence-corrected chi connectivity index (χ0v) is 23.7. The molecule has 4 rings (SSSR count). The summed E-state index contributed by atoms with van der Waals surface area (Å²) in [6, 6.07) is 4.64. The Hall–Kier alpha value is -2.58. The molecule has 1 N–H and O–H groups in total. The maximum Gasteiger partial charge on any atom is 0.311 e. The van der Waals surface area contributed by atoms with Crippen LogP contribution in [0.3, 0.4) is 0 Å². The molecule has 1 aromatic rings. The van der Waals surface area contributed by atoms with E-state index in [-0.39, 0.29) is 42.7 Å². The molecule has 38 heavy (non-hydrogen) atoms. The van der Waals surface area contributed by atoms with Gasteiger partial charge in [0, 0.05) is 17.5 Å². The highest BCUT2D eigenvalue weighted by atomic mass is 32.2. The molecular weight excluding hydrogens is 500 g/mol. The fourth-order valence-electron chi connectivity index (χ4n) is 6.64. The summed E-state index contributed by atoms with van der Waals surface area (Å²) >= 11 is 1.60. The van der Waals surface area contributed by atoms with Gasteiger partial charge in [0.05, 0.1) is 29.2 Å². The molecule has 2 bridgehead atoms. The first-order valence-corrected chi connectivity index (χ1v) is 14.4. The number of carbonyl (C=O) groups is 3. The summed E-state index contributed by atoms with van der Waals surface area (Å²) in [6.45, 7) is 15.6. The van der Waals surface area contributed by atoms with E-state index in [1.807, 2.05) is 45.9 Å². The number of aliphatic hydroxyl groups excluding tert-OH is 1. The van der Waals surface area contributed by atoms with Crippen LogP contribution in [0.25, 0.3) is 0 Å². The van der Waals surface area contributed by atoms with E-state index in [2.05, 4.69) is 13.2 Å². The summed E-state index contributed by atoms with van der Waals surface area (Å²) in [4.78, 5) is 45.6. The Morgan fingerprint density at radius 3 is 2.68 bits per heavy atom. The molecule has 1 spiro atoms. The number of aryl methyl sites for hydroxylation is 2. The molecule has 0 radical (unpaired) electrons. The average molecular weight is 541 g/mol. The molecule has 3 heterocycles. The molecule has 7 atom stereocenters. The van der Waals surface area contributed by atoms with Gasteiger partial charge in [-0.2, -0.15) is 0 Å². The van der Waals surface area contributed by atoms with Crippen molar-refractivity contribution in [3.8, 4) is 0 Å². The van der Waals surface area contributed by atoms with Crippen LogP contribution in [0.5, 0.6) is 0 Å². The summed E-state index contributed by atoms with van der Waals surface area (Å²) in [5.74, 6) is -2.14. The lowest BCUT2D eigenvalue weighted by atomic mass is 9.71. The number of likely N-dealkylation sites (tertiary alicyclic amines) is 1. The first-order chi connectivity index (χ1) is 18.2. The van der Waals surface area contributed by atoms with Crippen molar-refractivity contribution in [2.45, 2.75) is 69.0 Å². The minimum atomic E-state index is -0.807. The van der Waals surface area contributed by atoms with E-state index < -0.39 is 34.6 Å². The number of nitrogens with zero attached hydrogens (tertiary/aromatic N) is 2. The van der Waals surface area contributed by atoms with E-state index in [1.165, 1.54) is 6.08 Å². The lowest BCUT2D eigenvalue weighted by Gasteiger charge is -2.41. The van der Waals surface area contributed by atoms with E-state index in [9.17, 15) is 19.5 Å². The van der Waals surface area contributed by atoms with Crippen LogP contribution in [0.15, 0.2) is 43.5 Å². The lowest BCUT2D eigenvalue weighted by Crippen LogP contribution is -2.58. The van der Waals surface area contributed by atoms with Crippen LogP contribution in [0.1, 0.15) is 44.2 Å². The Balaban J connectivity index is 1.85. The van der Waals surface area contributed by atoms with Crippen molar-refractivity contribution in [1.29, 1.82) is 0 Å². The quantitative estimate of drug-likeness (QED) is 0.337. The zero-order valence-electron chi connectivity index (χ0n) is 22.9. The topological polar surface area (TPSA) is 87.2 Å². The molecule has 3 aliphatic heterocycles. The standard InChI is InChI=1S/C30H40N2O5S/c1-7-14-31(21-16-18(4)10-11-20(21)6)28(35)26-30-13-12-23(38-30)24(29(36)37-15-8-2)25(30)27(34)32(26)22(17-33)19(5)9-3/h7-8,10-11,16,19,22-26,33H,1-2,9,12-15,17H2,3-6H3/t19-,22-,23-,24+,25-,26?,30?/m0/s1. The van der Waals surface area contributed by atoms with Gasteiger partial charge in [0.1, 0.15) is 12.6 Å². The molecule has 3 fully saturated rings. The van der Waals surface area contributed by atoms with Crippen molar-refractivity contribution >= 4 is 35.2 Å². The van der Waals surface area contributed by atoms with E-state index in [0.717, 1.165) is 29.7 Å². The molecular formula is C30H40N2O5S. The Kier molecular flexibility index (Phi) is 8.43. The molecule has 2 unspecified atom stereocenters. The summed E-state index contributed by atoms with van der Waals surface area (Å²) in [7, 11) is 0. The zero-order chi connectivity index (χ0) is 27.8. The predicted molar refractivity (Wildman–Crippen MR) is 151 cm³/mol. The molecule has 2 amide bonds. The number of esters is 1. The number of rotatable bonds is 11. The monoisotopic (exact) mass is 540 g/mol. The minimum absolute atomic E-state index is 0.0311. The highest BCUT2D eigenvalue weighted by Crippen LogP contribution is 2.67. The van der Waals surface area contributed by atoms with E-state index in [1.54, 1.807) is 27.6 Å². The van der Waals surface area contributed by atoms with Crippen LogP contribution in [0.4, 0.5) is 5.69 Å². The summed E-state index contributed by atoms with van der Waals surface area (Å²) in [5, 5.41) is 10.4. The maximum atomic E-state index is 14.7. The highest BCUT2D eigenvalue weighted by molar-refractivity contribution is 8.02. The van der Waals surface area contributed by atoms with E-state index in [0.29, 0.717) is 6.42 Å². The van der Waals surface area contributed by atoms with Crippen molar-refractivity contribution in [2.24, 2.45) is 17.8 Å². The number of hydrogen-bond acceptors (Lipinski definition) is 6. The summed E-state index contributed by atoms with van der Waals surface area (Å²) < 4.78 is 4.70. The fourth-order valence-corrected chi connectivity index (χ4v) is 8.83. The number of aliphatic hydroxyl groups is 1. The molecule has 8 heteroatoms. The Bertz CT molecular complexity index is 1120. The lowest BCUT2D eigenvalue weighted by molar-refractivity contribution is -0.153. The first-order valence-electron chi connectivity index (χ1n) is 13.5. The molecule has 3 saturated heterocycles. The van der Waals surface area contributed by atoms with E-state index in [4.69, 9.17) is 4.74 Å². The van der Waals surface area contributed by atoms with Crippen LogP contribution < -0.4 is 4.90 Å². The van der Waals surface area contributed by atoms with Crippen molar-refractivity contribution in [1.82, 2.24) is 4.90 Å². The van der Waals surface area contributed by atoms with Crippen LogP contribution in [0, 0.1) is 31.6 Å². The molecule has 0 aromatic heterocycles. The van der Waals surface area contributed by atoms with Crippen molar-refractivity contribution in [3.63, 3.8) is 0 Å². The van der Waals surface area contributed by atoms with Crippen molar-refractivity contribution in [3.05, 3.63) is 54.6 Å². The van der Waals surface area contributed by atoms with Gasteiger partial charge in [0.25, 0.3) is 5.91 Å². The van der Waals surface area contributed by atoms with Gasteiger partial charge in [-0.15, -0.1) is 18.3 Å². The number of thioether (sulfide) groups is 1. The maximum absolute atomic E-state index is 14.7. The second-order valence-corrected chi connectivity index (χ2v) is 12.5. The number of carbonyl (C=O) groups excluding carboxylic acids is 3. The SMILES string of the molecule is C=CCOC(=O)[C@@H]1[C@@H]2CCC3(S2)C(C(=O)N(CC=C)c2cc(C)ccc2C)N([C@@H](CO)[C@@H](C)CC)C(=O)[C@H]13. The Labute approximate surface area is 230 Å². The van der Waals surface area contributed by atoms with Gasteiger partial charge in [-0.3, -0.25) is 14.4 Å². The van der Waals surface area contributed by atoms with Crippen LogP contribution in [-0.2, 0) is 19.1 Å². The van der Waals surface area contributed by atoms with Gasteiger partial charge in [-0.05, 0) is 49.8 Å². The van der Waals surface area contributed by atoms with Gasteiger partial charge in [0.2, 0.25) is 5.91 Å². The number of hydrogen-bond donors (Lipinski definition) is 1. The molecule has 0 saturated carbocycles. The second kappa shape index (κ2) is 11.3. The van der Waals surface area contributed by atoms with Gasteiger partial charge >= 0.3 is 5.97 Å². The third-order valence-electron chi connectivity index (χ3n) is 8.67. The van der Waals surface area contributed by atoms with Crippen LogP contribution in [-0.4, -0.2) is 69.6 Å². The number of anilines is 1. The molecule has 0 aliphatic carbocycles. The predicted octanol–water partition coefficient (Wildman–Crippen LogP) is 4.05. The van der Waals surface area contributed by atoms with Crippen molar-refractivity contribution in [2.75, 3.05) is 24.7 Å². The van der Waals surface area contributed by atoms with Crippen molar-refractivity contribution < 1.29 is 24.2 Å². The third kappa shape index (κ3) is 4.49. The van der Waals surface area contributed by atoms with Gasteiger partial charge < -0.3 is 19.6 Å². The average Bonchev–Trinajstić information content (AvgIpc) is 3.55. The molecule has 1 aromatic carbocycles. The number of fused-ring (bicyclic) bond motifs is 1. The fraction of sp³-hybridized carbons (Fsp3) is 0.567. The third-order valence-corrected chi connectivity index (χ3v) is 10.6. The van der Waals surface area contributed by atoms with Crippen LogP contribution in [0.2, 0.25) is 0 Å². The van der Waals surface area contributed by atoms with Gasteiger partial charge in [-0.25, -0.2) is 0 Å². The van der Waals surface area contributed by atoms with Gasteiger partial charge in [-0.1, -0.05) is 51.1 Å². The normalized spacial score (nSPS) is 29.1. The summed E-state index contributed by atoms with van der Waals surface area (Å²) in [6.07, 6.45) is 5.35. The Morgan fingerprint density at radius 2 is 2.05 bits per heavy atom. The van der Waals surface area contributed by atoms with E-state index >= 15 is 0 Å².